The molecule has 0 fully saturated rings. The Bertz CT molecular complexity index is 601. The molecule has 1 heterocycles. The highest BCUT2D eigenvalue weighted by Crippen LogP contribution is 2.24. The Hall–Kier alpha value is -2.29. The van der Waals surface area contributed by atoms with Crippen molar-refractivity contribution >= 4 is 5.91 Å². The van der Waals surface area contributed by atoms with Gasteiger partial charge in [0.15, 0.2) is 0 Å². The van der Waals surface area contributed by atoms with Crippen LogP contribution in [0.2, 0.25) is 0 Å². The van der Waals surface area contributed by atoms with Crippen LogP contribution in [0.3, 0.4) is 0 Å². The minimum Gasteiger partial charge on any atom is -0.366 e. The number of allylic oxidation sites excluding steroid dienone is 6. The Morgan fingerprint density at radius 2 is 2.09 bits per heavy atom. The van der Waals surface area contributed by atoms with Gasteiger partial charge in [0.25, 0.3) is 5.91 Å². The fraction of sp³-hybridized carbons (Fsp3) is 0.350. The molecule has 2 N–H and O–H groups in total. The van der Waals surface area contributed by atoms with Gasteiger partial charge in [0.05, 0.1) is 5.70 Å². The highest BCUT2D eigenvalue weighted by molar-refractivity contribution is 5.98. The van der Waals surface area contributed by atoms with Crippen molar-refractivity contribution in [3.05, 3.63) is 71.3 Å². The van der Waals surface area contributed by atoms with E-state index in [0.29, 0.717) is 5.57 Å². The zero-order chi connectivity index (χ0) is 17.2. The van der Waals surface area contributed by atoms with Crippen molar-refractivity contribution in [2.24, 2.45) is 0 Å². The molecular formula is C20H28N2O. The van der Waals surface area contributed by atoms with Gasteiger partial charge in [-0.2, -0.15) is 0 Å². The summed E-state index contributed by atoms with van der Waals surface area (Å²) in [4.78, 5) is 12.3. The minimum atomic E-state index is -0.102. The molecule has 1 aliphatic heterocycles. The van der Waals surface area contributed by atoms with Crippen LogP contribution in [-0.2, 0) is 4.79 Å². The van der Waals surface area contributed by atoms with Crippen LogP contribution in [0.5, 0.6) is 0 Å². The maximum Gasteiger partial charge on any atom is 0.255 e. The maximum absolute atomic E-state index is 12.3. The van der Waals surface area contributed by atoms with E-state index in [2.05, 4.69) is 37.1 Å². The Kier molecular flexibility index (Phi) is 7.89. The highest BCUT2D eigenvalue weighted by Gasteiger charge is 2.14. The first-order valence-electron chi connectivity index (χ1n) is 8.20. The number of hydrogen-bond acceptors (Lipinski definition) is 2. The first kappa shape index (κ1) is 18.8. The molecule has 0 saturated carbocycles. The summed E-state index contributed by atoms with van der Waals surface area (Å²) in [6.07, 6.45) is 14.5. The topological polar surface area (TPSA) is 41.1 Å². The van der Waals surface area contributed by atoms with Crippen molar-refractivity contribution in [1.29, 1.82) is 0 Å². The second kappa shape index (κ2) is 9.67. The lowest BCUT2D eigenvalue weighted by Gasteiger charge is -2.17. The average molecular weight is 312 g/mol. The van der Waals surface area contributed by atoms with Crippen LogP contribution in [0.25, 0.3) is 0 Å². The third-order valence-electron chi connectivity index (χ3n) is 3.64. The summed E-state index contributed by atoms with van der Waals surface area (Å²) >= 11 is 0. The molecule has 0 aromatic rings. The van der Waals surface area contributed by atoms with E-state index in [1.54, 1.807) is 6.20 Å². The standard InChI is InChI=1S/C20H28N2O/c1-6-9-10-11-21-14-18-13-19(15(4)7-2)16(5)12-17(8-3)20(23)22-18/h8,10-14,21H,4,6-7,9H2,1-3,5H3,(H,22,23)/b11-10+,16-12-,17-8+,18-14-,19-13-. The summed E-state index contributed by atoms with van der Waals surface area (Å²) in [6.45, 7) is 12.2. The molecule has 0 atom stereocenters. The van der Waals surface area contributed by atoms with E-state index in [0.717, 1.165) is 41.7 Å². The zero-order valence-electron chi connectivity index (χ0n) is 14.7. The molecule has 3 nitrogen and oxygen atoms in total. The van der Waals surface area contributed by atoms with Crippen LogP contribution >= 0.6 is 0 Å². The van der Waals surface area contributed by atoms with Crippen molar-refractivity contribution < 1.29 is 4.79 Å². The smallest absolute Gasteiger partial charge is 0.255 e. The quantitative estimate of drug-likeness (QED) is 0.701. The molecule has 0 radical (unpaired) electrons. The molecule has 124 valence electrons. The first-order valence-corrected chi connectivity index (χ1v) is 8.20. The maximum atomic E-state index is 12.3. The molecule has 0 aliphatic carbocycles. The normalized spacial score (nSPS) is 23.7. The van der Waals surface area contributed by atoms with Crippen molar-refractivity contribution in [2.45, 2.75) is 47.0 Å². The van der Waals surface area contributed by atoms with E-state index in [1.165, 1.54) is 0 Å². The molecule has 1 aliphatic rings. The van der Waals surface area contributed by atoms with E-state index < -0.39 is 0 Å². The Morgan fingerprint density at radius 3 is 2.70 bits per heavy atom. The molecule has 0 spiro atoms. The summed E-state index contributed by atoms with van der Waals surface area (Å²) in [6, 6.07) is 0. The van der Waals surface area contributed by atoms with Gasteiger partial charge in [0, 0.05) is 11.8 Å². The number of nitrogens with one attached hydrogen (secondary N) is 2. The summed E-state index contributed by atoms with van der Waals surface area (Å²) in [5.41, 5.74) is 4.56. The SMILES string of the molecule is C=C(CC)C1=C/C(=C/N/C=C/CCC)NC(=O)C(=C/C)/C=C\1C. The molecule has 0 aromatic heterocycles. The van der Waals surface area contributed by atoms with Crippen LogP contribution in [0.4, 0.5) is 0 Å². The van der Waals surface area contributed by atoms with Crippen molar-refractivity contribution in [3.63, 3.8) is 0 Å². The van der Waals surface area contributed by atoms with E-state index >= 15 is 0 Å². The lowest BCUT2D eigenvalue weighted by atomic mass is 9.94. The molecule has 23 heavy (non-hydrogen) atoms. The number of carbonyl (C=O) groups is 1. The number of carbonyl (C=O) groups excluding carboxylic acids is 1. The summed E-state index contributed by atoms with van der Waals surface area (Å²) in [5, 5.41) is 6.05. The van der Waals surface area contributed by atoms with Crippen molar-refractivity contribution in [2.75, 3.05) is 0 Å². The van der Waals surface area contributed by atoms with Crippen LogP contribution in [0, 0.1) is 0 Å². The van der Waals surface area contributed by atoms with Gasteiger partial charge in [0.1, 0.15) is 0 Å². The van der Waals surface area contributed by atoms with Crippen LogP contribution < -0.4 is 10.6 Å². The lowest BCUT2D eigenvalue weighted by Crippen LogP contribution is -2.25. The van der Waals surface area contributed by atoms with Gasteiger partial charge in [-0.15, -0.1) is 0 Å². The number of hydrogen-bond donors (Lipinski definition) is 2. The number of amides is 1. The van der Waals surface area contributed by atoms with Crippen molar-refractivity contribution in [1.82, 2.24) is 10.6 Å². The van der Waals surface area contributed by atoms with Crippen LogP contribution in [0.1, 0.15) is 47.0 Å². The van der Waals surface area contributed by atoms with E-state index in [9.17, 15) is 4.79 Å². The molecule has 3 heteroatoms. The second-order valence-corrected chi connectivity index (χ2v) is 5.50. The fourth-order valence-corrected chi connectivity index (χ4v) is 2.20. The summed E-state index contributed by atoms with van der Waals surface area (Å²) in [5.74, 6) is -0.102. The number of unbranched alkanes of at least 4 members (excludes halogenated alkanes) is 1. The molecular weight excluding hydrogens is 284 g/mol. The molecule has 0 unspecified atom stereocenters. The van der Waals surface area contributed by atoms with Gasteiger partial charge < -0.3 is 10.6 Å². The molecule has 0 aromatic carbocycles. The van der Waals surface area contributed by atoms with E-state index in [-0.39, 0.29) is 5.91 Å². The fourth-order valence-electron chi connectivity index (χ4n) is 2.20. The third kappa shape index (κ3) is 5.78. The van der Waals surface area contributed by atoms with Gasteiger partial charge in [-0.25, -0.2) is 0 Å². The summed E-state index contributed by atoms with van der Waals surface area (Å²) in [7, 11) is 0. The van der Waals surface area contributed by atoms with Gasteiger partial charge in [0.2, 0.25) is 0 Å². The highest BCUT2D eigenvalue weighted by atomic mass is 16.1. The van der Waals surface area contributed by atoms with E-state index in [1.807, 2.05) is 38.3 Å². The second-order valence-electron chi connectivity index (χ2n) is 5.50. The van der Waals surface area contributed by atoms with E-state index in [4.69, 9.17) is 0 Å². The number of rotatable bonds is 6. The van der Waals surface area contributed by atoms with Crippen molar-refractivity contribution in [3.8, 4) is 0 Å². The van der Waals surface area contributed by atoms with Crippen LogP contribution in [-0.4, -0.2) is 5.91 Å². The minimum absolute atomic E-state index is 0.102. The average Bonchev–Trinajstić information content (AvgIpc) is 2.54. The van der Waals surface area contributed by atoms with Gasteiger partial charge in [-0.05, 0) is 61.8 Å². The van der Waals surface area contributed by atoms with Crippen LogP contribution in [0.15, 0.2) is 71.3 Å². The zero-order valence-corrected chi connectivity index (χ0v) is 14.7. The Labute approximate surface area is 140 Å². The Morgan fingerprint density at radius 1 is 1.35 bits per heavy atom. The largest absolute Gasteiger partial charge is 0.366 e. The first-order chi connectivity index (χ1) is 11.0. The Balaban J connectivity index is 3.17. The molecule has 1 rings (SSSR count). The van der Waals surface area contributed by atoms with Gasteiger partial charge in [-0.1, -0.05) is 39.0 Å². The molecule has 1 amide bonds. The third-order valence-corrected chi connectivity index (χ3v) is 3.64. The predicted octanol–water partition coefficient (Wildman–Crippen LogP) is 4.65. The monoisotopic (exact) mass is 312 g/mol. The molecule has 0 saturated heterocycles. The summed E-state index contributed by atoms with van der Waals surface area (Å²) < 4.78 is 0. The van der Waals surface area contributed by atoms with Gasteiger partial charge >= 0.3 is 0 Å². The van der Waals surface area contributed by atoms with Gasteiger partial charge in [-0.3, -0.25) is 4.79 Å². The molecule has 0 bridgehead atoms. The lowest BCUT2D eigenvalue weighted by molar-refractivity contribution is -0.116. The predicted molar refractivity (Wildman–Crippen MR) is 98.4 cm³/mol.